The van der Waals surface area contributed by atoms with Gasteiger partial charge >= 0.3 is 6.03 Å². The van der Waals surface area contributed by atoms with Gasteiger partial charge in [-0.2, -0.15) is 0 Å². The molecule has 2 atom stereocenters. The number of aromatic nitrogens is 1. The minimum absolute atomic E-state index is 0.0740. The predicted molar refractivity (Wildman–Crippen MR) is 91.7 cm³/mol. The molecule has 0 aliphatic carbocycles. The average Bonchev–Trinajstić information content (AvgIpc) is 2.82. The third kappa shape index (κ3) is 4.86. The molecule has 1 aliphatic heterocycles. The maximum atomic E-state index is 12.3. The molecule has 2 amide bonds. The quantitative estimate of drug-likeness (QED) is 0.889. The molecule has 0 unspecified atom stereocenters. The van der Waals surface area contributed by atoms with E-state index >= 15 is 0 Å². The first kappa shape index (κ1) is 18.1. The Kier molecular flexibility index (Phi) is 6.33. The lowest BCUT2D eigenvalue weighted by Crippen LogP contribution is -2.52. The second kappa shape index (κ2) is 8.04. The Morgan fingerprint density at radius 1 is 1.61 bits per heavy atom. The molecule has 7 heteroatoms. The zero-order valence-electron chi connectivity index (χ0n) is 14.4. The molecule has 0 aromatic carbocycles. The van der Waals surface area contributed by atoms with Crippen molar-refractivity contribution >= 4 is 17.6 Å². The number of carbonyl (C=O) groups is 1. The van der Waals surface area contributed by atoms with Crippen molar-refractivity contribution in [3.8, 4) is 0 Å². The van der Waals surface area contributed by atoms with Crippen molar-refractivity contribution in [1.29, 1.82) is 0 Å². The summed E-state index contributed by atoms with van der Waals surface area (Å²) in [6, 6.07) is 2.48. The van der Waals surface area contributed by atoms with E-state index in [1.54, 1.807) is 11.9 Å². The number of ether oxygens (including phenoxy) is 1. The molecule has 1 N–H and O–H groups in total. The van der Waals surface area contributed by atoms with Gasteiger partial charge in [0.1, 0.15) is 0 Å². The summed E-state index contributed by atoms with van der Waals surface area (Å²) < 4.78 is 7.39. The Morgan fingerprint density at radius 3 is 2.96 bits per heavy atom. The topological polar surface area (TPSA) is 49.7 Å². The number of hydrogen-bond donors (Lipinski definition) is 1. The smallest absolute Gasteiger partial charge is 0.317 e. The number of urea groups is 1. The maximum Gasteiger partial charge on any atom is 0.317 e. The fourth-order valence-corrected chi connectivity index (χ4v) is 3.19. The molecule has 0 radical (unpaired) electrons. The van der Waals surface area contributed by atoms with Crippen molar-refractivity contribution in [1.82, 2.24) is 19.7 Å². The second-order valence-electron chi connectivity index (χ2n) is 6.31. The van der Waals surface area contributed by atoms with Crippen LogP contribution in [0.2, 0.25) is 5.02 Å². The van der Waals surface area contributed by atoms with Crippen LogP contribution in [0, 0.1) is 0 Å². The highest BCUT2D eigenvalue weighted by Gasteiger charge is 2.24. The highest BCUT2D eigenvalue weighted by molar-refractivity contribution is 6.30. The van der Waals surface area contributed by atoms with E-state index in [2.05, 4.69) is 24.1 Å². The Morgan fingerprint density at radius 2 is 2.35 bits per heavy atom. The maximum absolute atomic E-state index is 12.3. The number of hydrogen-bond acceptors (Lipinski definition) is 3. The van der Waals surface area contributed by atoms with E-state index in [1.807, 2.05) is 23.9 Å². The summed E-state index contributed by atoms with van der Waals surface area (Å²) in [6.45, 7) is 7.87. The third-order valence-electron chi connectivity index (χ3n) is 4.35. The fourth-order valence-electron chi connectivity index (χ4n) is 2.92. The van der Waals surface area contributed by atoms with Gasteiger partial charge in [0.25, 0.3) is 0 Å². The monoisotopic (exact) mass is 342 g/mol. The van der Waals surface area contributed by atoms with Crippen molar-refractivity contribution in [2.75, 3.05) is 33.4 Å². The third-order valence-corrected chi connectivity index (χ3v) is 4.56. The van der Waals surface area contributed by atoms with Crippen LogP contribution in [-0.4, -0.2) is 65.8 Å². The zero-order chi connectivity index (χ0) is 17.0. The number of morpholine rings is 1. The number of halogens is 1. The summed E-state index contributed by atoms with van der Waals surface area (Å²) in [5, 5.41) is 3.70. The van der Waals surface area contributed by atoms with Crippen LogP contribution in [0.15, 0.2) is 12.3 Å². The van der Waals surface area contributed by atoms with Crippen LogP contribution >= 0.6 is 11.6 Å². The van der Waals surface area contributed by atoms with Crippen LogP contribution in [0.3, 0.4) is 0 Å². The fraction of sp³-hybridized carbons (Fsp3) is 0.688. The van der Waals surface area contributed by atoms with Crippen molar-refractivity contribution in [2.45, 2.75) is 32.5 Å². The molecule has 1 saturated heterocycles. The van der Waals surface area contributed by atoms with Crippen LogP contribution in [0.25, 0.3) is 0 Å². The first-order chi connectivity index (χ1) is 10.9. The Hall–Kier alpha value is -1.24. The van der Waals surface area contributed by atoms with Gasteiger partial charge in [-0.15, -0.1) is 0 Å². The molecule has 130 valence electrons. The van der Waals surface area contributed by atoms with Crippen LogP contribution < -0.4 is 5.32 Å². The molecule has 1 aromatic heterocycles. The molecular formula is C16H27ClN4O2. The van der Waals surface area contributed by atoms with Gasteiger partial charge in [-0.05, 0) is 19.9 Å². The van der Waals surface area contributed by atoms with E-state index < -0.39 is 0 Å². The standard InChI is InChI=1S/C16H27ClN4O2/c1-12(21-5-6-23-11-13(21)2)8-18-16(22)20(4)10-15-7-14(17)9-19(15)3/h7,9,12-13H,5-6,8,10-11H2,1-4H3,(H,18,22)/t12-,13+/m0/s1. The summed E-state index contributed by atoms with van der Waals surface area (Å²) >= 11 is 5.98. The van der Waals surface area contributed by atoms with E-state index in [4.69, 9.17) is 16.3 Å². The van der Waals surface area contributed by atoms with Gasteiger partial charge in [0, 0.05) is 51.2 Å². The molecule has 0 spiro atoms. The van der Waals surface area contributed by atoms with E-state index in [-0.39, 0.29) is 12.1 Å². The minimum atomic E-state index is -0.0740. The number of amides is 2. The molecular weight excluding hydrogens is 316 g/mol. The molecule has 23 heavy (non-hydrogen) atoms. The van der Waals surface area contributed by atoms with Crippen LogP contribution in [0.5, 0.6) is 0 Å². The second-order valence-corrected chi connectivity index (χ2v) is 6.75. The molecule has 0 bridgehead atoms. The summed E-state index contributed by atoms with van der Waals surface area (Å²) in [5.74, 6) is 0. The molecule has 6 nitrogen and oxygen atoms in total. The lowest BCUT2D eigenvalue weighted by atomic mass is 10.2. The summed E-state index contributed by atoms with van der Waals surface area (Å²) in [7, 11) is 3.72. The van der Waals surface area contributed by atoms with Crippen molar-refractivity contribution in [2.24, 2.45) is 7.05 Å². The lowest BCUT2D eigenvalue weighted by Gasteiger charge is -2.38. The number of aryl methyl sites for hydroxylation is 1. The van der Waals surface area contributed by atoms with E-state index in [0.717, 1.165) is 25.5 Å². The molecule has 1 fully saturated rings. The van der Waals surface area contributed by atoms with E-state index in [1.165, 1.54) is 0 Å². The largest absolute Gasteiger partial charge is 0.379 e. The van der Waals surface area contributed by atoms with Gasteiger partial charge in [-0.1, -0.05) is 11.6 Å². The van der Waals surface area contributed by atoms with Gasteiger partial charge in [-0.3, -0.25) is 4.90 Å². The molecule has 1 aromatic rings. The summed E-state index contributed by atoms with van der Waals surface area (Å²) in [6.07, 6.45) is 1.84. The Balaban J connectivity index is 1.80. The Labute approximate surface area is 143 Å². The number of nitrogens with one attached hydrogen (secondary N) is 1. The first-order valence-corrected chi connectivity index (χ1v) is 8.39. The minimum Gasteiger partial charge on any atom is -0.379 e. The van der Waals surface area contributed by atoms with Gasteiger partial charge in [0.15, 0.2) is 0 Å². The number of nitrogens with zero attached hydrogens (tertiary/aromatic N) is 3. The highest BCUT2D eigenvalue weighted by atomic mass is 35.5. The SMILES string of the molecule is C[C@@H]1COCCN1[C@@H](C)CNC(=O)N(C)Cc1cc(Cl)cn1C. The molecule has 1 aliphatic rings. The van der Waals surface area contributed by atoms with Crippen molar-refractivity contribution in [3.05, 3.63) is 23.0 Å². The molecule has 2 rings (SSSR count). The number of carbonyl (C=O) groups excluding carboxylic acids is 1. The van der Waals surface area contributed by atoms with E-state index in [0.29, 0.717) is 24.2 Å². The van der Waals surface area contributed by atoms with Gasteiger partial charge < -0.3 is 19.5 Å². The van der Waals surface area contributed by atoms with Gasteiger partial charge in [0.05, 0.1) is 24.8 Å². The predicted octanol–water partition coefficient (Wildman–Crippen LogP) is 1.93. The van der Waals surface area contributed by atoms with E-state index in [9.17, 15) is 4.79 Å². The lowest BCUT2D eigenvalue weighted by molar-refractivity contribution is -0.0177. The van der Waals surface area contributed by atoms with Crippen molar-refractivity contribution < 1.29 is 9.53 Å². The van der Waals surface area contributed by atoms with Crippen LogP contribution in [0.1, 0.15) is 19.5 Å². The molecule has 2 heterocycles. The Bertz CT molecular complexity index is 534. The van der Waals surface area contributed by atoms with Crippen LogP contribution in [0.4, 0.5) is 4.79 Å². The van der Waals surface area contributed by atoms with Crippen molar-refractivity contribution in [3.63, 3.8) is 0 Å². The summed E-state index contributed by atoms with van der Waals surface area (Å²) in [4.78, 5) is 16.3. The normalized spacial score (nSPS) is 20.3. The summed E-state index contributed by atoms with van der Waals surface area (Å²) in [5.41, 5.74) is 1.00. The number of rotatable bonds is 5. The molecule has 0 saturated carbocycles. The van der Waals surface area contributed by atoms with Gasteiger partial charge in [-0.25, -0.2) is 4.79 Å². The van der Waals surface area contributed by atoms with Gasteiger partial charge in [0.2, 0.25) is 0 Å². The zero-order valence-corrected chi connectivity index (χ0v) is 15.1. The highest BCUT2D eigenvalue weighted by Crippen LogP contribution is 2.14. The average molecular weight is 343 g/mol. The first-order valence-electron chi connectivity index (χ1n) is 8.01. The van der Waals surface area contributed by atoms with Crippen LogP contribution in [-0.2, 0) is 18.3 Å².